The van der Waals surface area contributed by atoms with Crippen molar-refractivity contribution in [3.63, 3.8) is 0 Å². The Morgan fingerprint density at radius 1 is 1.20 bits per heavy atom. The Labute approximate surface area is 124 Å². The van der Waals surface area contributed by atoms with E-state index in [1.54, 1.807) is 22.7 Å². The number of likely N-dealkylation sites (tertiary alicyclic amines) is 1. The second kappa shape index (κ2) is 4.80. The van der Waals surface area contributed by atoms with E-state index in [-0.39, 0.29) is 5.91 Å². The van der Waals surface area contributed by atoms with Crippen molar-refractivity contribution < 1.29 is 14.3 Å². The second-order valence-electron chi connectivity index (χ2n) is 5.16. The van der Waals surface area contributed by atoms with Crippen molar-refractivity contribution >= 4 is 38.0 Å². The summed E-state index contributed by atoms with van der Waals surface area (Å²) in [6.45, 7) is 2.78. The first-order valence-electron chi connectivity index (χ1n) is 6.80. The van der Waals surface area contributed by atoms with Gasteiger partial charge in [-0.05, 0) is 17.5 Å². The summed E-state index contributed by atoms with van der Waals surface area (Å²) in [7, 11) is 0. The van der Waals surface area contributed by atoms with Gasteiger partial charge in [0.2, 0.25) is 0 Å². The molecule has 106 valence electrons. The van der Waals surface area contributed by atoms with Crippen LogP contribution in [0.25, 0.3) is 9.40 Å². The van der Waals surface area contributed by atoms with Gasteiger partial charge in [-0.1, -0.05) is 0 Å². The van der Waals surface area contributed by atoms with Crippen molar-refractivity contribution in [1.82, 2.24) is 4.90 Å². The summed E-state index contributed by atoms with van der Waals surface area (Å²) in [5.74, 6) is -0.265. The molecule has 0 bridgehead atoms. The largest absolute Gasteiger partial charge is 0.347 e. The van der Waals surface area contributed by atoms with E-state index in [4.69, 9.17) is 9.47 Å². The van der Waals surface area contributed by atoms with E-state index in [0.29, 0.717) is 26.3 Å². The van der Waals surface area contributed by atoms with Gasteiger partial charge in [-0.15, -0.1) is 22.7 Å². The molecule has 0 aromatic carbocycles. The lowest BCUT2D eigenvalue weighted by molar-refractivity contribution is -0.181. The fraction of sp³-hybridized carbons (Fsp3) is 0.500. The highest BCUT2D eigenvalue weighted by molar-refractivity contribution is 7.27. The molecule has 4 nitrogen and oxygen atoms in total. The number of fused-ring (bicyclic) bond motifs is 1. The molecule has 4 heterocycles. The van der Waals surface area contributed by atoms with E-state index in [1.807, 2.05) is 11.0 Å². The van der Waals surface area contributed by atoms with E-state index in [0.717, 1.165) is 17.7 Å². The summed E-state index contributed by atoms with van der Waals surface area (Å²) in [6.07, 6.45) is 1.55. The predicted octanol–water partition coefficient (Wildman–Crippen LogP) is 2.94. The van der Waals surface area contributed by atoms with Crippen LogP contribution in [0.3, 0.4) is 0 Å². The molecule has 0 saturated carbocycles. The van der Waals surface area contributed by atoms with Gasteiger partial charge in [0.05, 0.1) is 18.1 Å². The molecule has 1 amide bonds. The van der Waals surface area contributed by atoms with E-state index in [2.05, 4.69) is 11.4 Å². The van der Waals surface area contributed by atoms with Gasteiger partial charge in [0.1, 0.15) is 0 Å². The van der Waals surface area contributed by atoms with E-state index < -0.39 is 5.79 Å². The Kier molecular flexibility index (Phi) is 3.07. The zero-order valence-corrected chi connectivity index (χ0v) is 12.6. The Morgan fingerprint density at radius 2 is 1.95 bits per heavy atom. The number of hydrogen-bond donors (Lipinski definition) is 0. The van der Waals surface area contributed by atoms with Gasteiger partial charge < -0.3 is 14.4 Å². The molecule has 2 aromatic rings. The molecule has 0 atom stereocenters. The van der Waals surface area contributed by atoms with Gasteiger partial charge in [0, 0.05) is 35.3 Å². The molecule has 2 fully saturated rings. The van der Waals surface area contributed by atoms with E-state index in [1.165, 1.54) is 9.40 Å². The molecule has 0 unspecified atom stereocenters. The van der Waals surface area contributed by atoms with Crippen LogP contribution >= 0.6 is 22.7 Å². The van der Waals surface area contributed by atoms with Gasteiger partial charge in [-0.2, -0.15) is 0 Å². The summed E-state index contributed by atoms with van der Waals surface area (Å²) in [4.78, 5) is 15.3. The molecule has 2 aliphatic heterocycles. The molecule has 2 saturated heterocycles. The van der Waals surface area contributed by atoms with Crippen LogP contribution in [0.4, 0.5) is 0 Å². The first-order valence-corrected chi connectivity index (χ1v) is 8.50. The van der Waals surface area contributed by atoms with Crippen molar-refractivity contribution in [2.75, 3.05) is 26.3 Å². The lowest BCUT2D eigenvalue weighted by atomic mass is 10.0. The van der Waals surface area contributed by atoms with Crippen LogP contribution in [0, 0.1) is 0 Å². The van der Waals surface area contributed by atoms with Gasteiger partial charge >= 0.3 is 0 Å². The molecule has 0 N–H and O–H groups in total. The fourth-order valence-electron chi connectivity index (χ4n) is 2.86. The molecule has 2 aliphatic rings. The highest BCUT2D eigenvalue weighted by atomic mass is 32.1. The van der Waals surface area contributed by atoms with E-state index in [9.17, 15) is 4.79 Å². The minimum absolute atomic E-state index is 0.145. The number of carbonyl (C=O) groups excluding carboxylic acids is 1. The van der Waals surface area contributed by atoms with Gasteiger partial charge in [0.25, 0.3) is 5.91 Å². The van der Waals surface area contributed by atoms with Gasteiger partial charge in [0.15, 0.2) is 5.79 Å². The summed E-state index contributed by atoms with van der Waals surface area (Å²) >= 11 is 3.27. The van der Waals surface area contributed by atoms with E-state index >= 15 is 0 Å². The quantitative estimate of drug-likeness (QED) is 0.813. The van der Waals surface area contributed by atoms with Crippen molar-refractivity contribution in [3.8, 4) is 0 Å². The zero-order chi connectivity index (χ0) is 13.6. The molecule has 4 rings (SSSR count). The van der Waals surface area contributed by atoms with Crippen LogP contribution < -0.4 is 0 Å². The number of thiophene rings is 2. The Hall–Kier alpha value is -0.950. The van der Waals surface area contributed by atoms with Crippen LogP contribution in [0.1, 0.15) is 22.5 Å². The number of hydrogen-bond acceptors (Lipinski definition) is 5. The highest BCUT2D eigenvalue weighted by Gasteiger charge is 2.41. The lowest BCUT2D eigenvalue weighted by Gasteiger charge is -2.37. The molecule has 0 aliphatic carbocycles. The minimum Gasteiger partial charge on any atom is -0.347 e. The molecular formula is C14H15NO3S2. The third kappa shape index (κ3) is 2.07. The van der Waals surface area contributed by atoms with Crippen molar-refractivity contribution in [3.05, 3.63) is 22.4 Å². The number of piperidine rings is 1. The topological polar surface area (TPSA) is 38.8 Å². The maximum atomic E-state index is 12.5. The monoisotopic (exact) mass is 309 g/mol. The molecule has 0 radical (unpaired) electrons. The number of amides is 1. The fourth-order valence-corrected chi connectivity index (χ4v) is 4.94. The van der Waals surface area contributed by atoms with Crippen molar-refractivity contribution in [2.45, 2.75) is 18.6 Å². The third-order valence-corrected chi connectivity index (χ3v) is 6.06. The van der Waals surface area contributed by atoms with Crippen molar-refractivity contribution in [2.24, 2.45) is 0 Å². The Bertz CT molecular complexity index is 603. The number of rotatable bonds is 1. The standard InChI is InChI=1S/C14H15NO3S2/c16-13(12-9-11-10(20-12)1-8-19-11)15-4-2-14(3-5-15)17-6-7-18-14/h1,8-9H,2-7H2. The molecule has 1 spiro atoms. The molecular weight excluding hydrogens is 294 g/mol. The maximum Gasteiger partial charge on any atom is 0.263 e. The summed E-state index contributed by atoms with van der Waals surface area (Å²) in [6, 6.07) is 4.09. The number of ether oxygens (including phenoxy) is 2. The first kappa shape index (κ1) is 12.8. The summed E-state index contributed by atoms with van der Waals surface area (Å²) in [5.41, 5.74) is 0. The second-order valence-corrected chi connectivity index (χ2v) is 7.19. The lowest BCUT2D eigenvalue weighted by Crippen LogP contribution is -2.47. The van der Waals surface area contributed by atoms with Crippen molar-refractivity contribution in [1.29, 1.82) is 0 Å². The molecule has 6 heteroatoms. The third-order valence-electron chi connectivity index (χ3n) is 3.98. The SMILES string of the molecule is O=C(c1cc2sccc2s1)N1CCC2(CC1)OCCO2. The summed E-state index contributed by atoms with van der Waals surface area (Å²) in [5, 5.41) is 2.06. The number of carbonyl (C=O) groups is 1. The zero-order valence-electron chi connectivity index (χ0n) is 11.0. The molecule has 2 aromatic heterocycles. The average molecular weight is 309 g/mol. The average Bonchev–Trinajstić information content (AvgIpc) is 3.14. The van der Waals surface area contributed by atoms with Gasteiger partial charge in [-0.3, -0.25) is 4.79 Å². The normalized spacial score (nSPS) is 21.9. The predicted molar refractivity (Wildman–Crippen MR) is 79.5 cm³/mol. The smallest absolute Gasteiger partial charge is 0.263 e. The first-order chi connectivity index (χ1) is 9.76. The Morgan fingerprint density at radius 3 is 2.65 bits per heavy atom. The number of nitrogens with zero attached hydrogens (tertiary/aromatic N) is 1. The highest BCUT2D eigenvalue weighted by Crippen LogP contribution is 2.34. The Balaban J connectivity index is 1.48. The van der Waals surface area contributed by atoms with Gasteiger partial charge in [-0.25, -0.2) is 0 Å². The van der Waals surface area contributed by atoms with Crippen LogP contribution in [0.15, 0.2) is 17.5 Å². The summed E-state index contributed by atoms with van der Waals surface area (Å²) < 4.78 is 13.8. The van der Waals surface area contributed by atoms with Crippen LogP contribution in [0.2, 0.25) is 0 Å². The van der Waals surface area contributed by atoms with Crippen LogP contribution in [-0.2, 0) is 9.47 Å². The minimum atomic E-state index is -0.410. The maximum absolute atomic E-state index is 12.5. The van der Waals surface area contributed by atoms with Crippen LogP contribution in [-0.4, -0.2) is 42.9 Å². The van der Waals surface area contributed by atoms with Crippen LogP contribution in [0.5, 0.6) is 0 Å². The molecule has 20 heavy (non-hydrogen) atoms.